The highest BCUT2D eigenvalue weighted by atomic mass is 16.5. The number of aromatic nitrogens is 4. The number of nitrogens with one attached hydrogen (secondary N) is 4. The van der Waals surface area contributed by atoms with Gasteiger partial charge in [-0.2, -0.15) is 0 Å². The van der Waals surface area contributed by atoms with Gasteiger partial charge >= 0.3 is 12.2 Å². The maximum Gasteiger partial charge on any atom is 0.407 e. The van der Waals surface area contributed by atoms with Crippen LogP contribution in [0.2, 0.25) is 0 Å². The summed E-state index contributed by atoms with van der Waals surface area (Å²) in [5, 5.41) is 5.58. The minimum atomic E-state index is -0.686. The lowest BCUT2D eigenvalue weighted by Crippen LogP contribution is -2.54. The Morgan fingerprint density at radius 2 is 1.05 bits per heavy atom. The first kappa shape index (κ1) is 41.7. The van der Waals surface area contributed by atoms with Gasteiger partial charge in [-0.15, -0.1) is 0 Å². The molecule has 8 atom stereocenters. The van der Waals surface area contributed by atoms with E-state index < -0.39 is 24.3 Å². The summed E-state index contributed by atoms with van der Waals surface area (Å²) in [5.74, 6) is 1.84. The number of alkyl carbamates (subject to hydrolysis) is 2. The molecule has 62 heavy (non-hydrogen) atoms. The summed E-state index contributed by atoms with van der Waals surface area (Å²) in [4.78, 5) is 74.1. The molecule has 328 valence electrons. The molecule has 2 aliphatic heterocycles. The second-order valence-corrected chi connectivity index (χ2v) is 18.9. The maximum atomic E-state index is 14.2. The predicted molar refractivity (Wildman–Crippen MR) is 233 cm³/mol. The molecule has 4 aromatic rings. The van der Waals surface area contributed by atoms with Gasteiger partial charge in [-0.3, -0.25) is 9.59 Å². The van der Waals surface area contributed by atoms with Crippen molar-refractivity contribution in [2.75, 3.05) is 14.2 Å². The van der Waals surface area contributed by atoms with Crippen LogP contribution in [0.5, 0.6) is 0 Å². The zero-order valence-corrected chi connectivity index (χ0v) is 36.7. The lowest BCUT2D eigenvalue weighted by molar-refractivity contribution is -0.140. The van der Waals surface area contributed by atoms with Crippen molar-refractivity contribution >= 4 is 24.0 Å². The Morgan fingerprint density at radius 3 is 1.44 bits per heavy atom. The van der Waals surface area contributed by atoms with Gasteiger partial charge < -0.3 is 39.9 Å². The molecule has 0 spiro atoms. The smallest absolute Gasteiger partial charge is 0.407 e. The number of piperidine rings is 2. The summed E-state index contributed by atoms with van der Waals surface area (Å²) in [6, 6.07) is 12.1. The lowest BCUT2D eigenvalue weighted by Gasteiger charge is -2.37. The number of likely N-dealkylation sites (tertiary alicyclic amines) is 2. The third kappa shape index (κ3) is 7.63. The van der Waals surface area contributed by atoms with Crippen molar-refractivity contribution in [3.05, 3.63) is 82.7 Å². The number of nitrogens with zero attached hydrogens (tertiary/aromatic N) is 4. The summed E-state index contributed by atoms with van der Waals surface area (Å²) in [7, 11) is 2.64. The normalized spacial score (nSPS) is 24.6. The Hall–Kier alpha value is -5.66. The average molecular weight is 845 g/mol. The van der Waals surface area contributed by atoms with Crippen molar-refractivity contribution in [1.29, 1.82) is 0 Å². The molecule has 8 aliphatic rings. The van der Waals surface area contributed by atoms with Gasteiger partial charge in [-0.05, 0) is 122 Å². The first-order chi connectivity index (χ1) is 29.9. The molecule has 8 bridgehead atoms. The monoisotopic (exact) mass is 844 g/mol. The summed E-state index contributed by atoms with van der Waals surface area (Å²) in [6.45, 7) is 7.77. The van der Waals surface area contributed by atoms with E-state index in [1.54, 1.807) is 0 Å². The molecule has 14 heteroatoms. The van der Waals surface area contributed by atoms with Crippen LogP contribution in [0, 0.1) is 23.7 Å². The Kier molecular flexibility index (Phi) is 11.4. The average Bonchev–Trinajstić information content (AvgIpc) is 4.14. The van der Waals surface area contributed by atoms with Gasteiger partial charge in [0.05, 0.1) is 50.1 Å². The van der Waals surface area contributed by atoms with Crippen molar-refractivity contribution in [2.24, 2.45) is 23.7 Å². The number of hydrogen-bond donors (Lipinski definition) is 4. The Morgan fingerprint density at radius 1 is 0.629 bits per heavy atom. The fourth-order valence-corrected chi connectivity index (χ4v) is 11.3. The van der Waals surface area contributed by atoms with Crippen molar-refractivity contribution in [3.8, 4) is 22.5 Å². The van der Waals surface area contributed by atoms with Crippen LogP contribution in [0.1, 0.15) is 112 Å². The quantitative estimate of drug-likeness (QED) is 0.130. The summed E-state index contributed by atoms with van der Waals surface area (Å²) >= 11 is 0. The third-order valence-electron chi connectivity index (χ3n) is 14.5. The molecule has 2 aromatic heterocycles. The predicted octanol–water partition coefficient (Wildman–Crippen LogP) is 7.22. The summed E-state index contributed by atoms with van der Waals surface area (Å²) in [5.41, 5.74) is 9.07. The van der Waals surface area contributed by atoms with E-state index in [9.17, 15) is 19.2 Å². The highest BCUT2D eigenvalue weighted by Gasteiger charge is 2.53. The molecule has 12 rings (SSSR count). The van der Waals surface area contributed by atoms with Gasteiger partial charge in [0.15, 0.2) is 0 Å². The van der Waals surface area contributed by atoms with E-state index in [2.05, 4.69) is 57.0 Å². The van der Waals surface area contributed by atoms with E-state index >= 15 is 0 Å². The number of ether oxygens (including phenoxy) is 2. The van der Waals surface area contributed by atoms with Crippen LogP contribution >= 0.6 is 0 Å². The number of H-pyrrole nitrogens is 2. The van der Waals surface area contributed by atoms with Gasteiger partial charge in [0, 0.05) is 23.2 Å². The number of hydrogen-bond acceptors (Lipinski definition) is 8. The number of fused-ring (bicyclic) bond motifs is 4. The first-order valence-electron chi connectivity index (χ1n) is 22.6. The molecule has 14 nitrogen and oxygen atoms in total. The van der Waals surface area contributed by atoms with Gasteiger partial charge in [0.1, 0.15) is 23.7 Å². The van der Waals surface area contributed by atoms with E-state index in [1.807, 2.05) is 49.9 Å². The molecule has 4 amide bonds. The van der Waals surface area contributed by atoms with E-state index in [1.165, 1.54) is 36.5 Å². The zero-order chi connectivity index (χ0) is 43.4. The molecule has 0 radical (unpaired) electrons. The van der Waals surface area contributed by atoms with Gasteiger partial charge in [-0.1, -0.05) is 52.0 Å². The number of amides is 4. The van der Waals surface area contributed by atoms with Crippen molar-refractivity contribution < 1.29 is 28.7 Å². The standard InChI is InChI=1S/C48H60N8O6/c1-25(2)39(53-47(59)61-5)45(57)55-33-17-15-31(21-33)41(55)43-49-23-37(51-43)35-19-27-7-11-29(35)13-9-28-8-12-30(14-10-27)36(20-28)38-24-50-44(52-38)42-32-16-18-34(22-32)56(42)46(58)40(26(3)4)54-48(60)62-6/h7-8,11-12,19-20,23-26,31-34,39-42H,9-10,13-18,21-22H2,1-6H3,(H,49,51)(H,50,52)(H,53,59)(H,54,60). The number of rotatable bonds is 10. The molecular weight excluding hydrogens is 785 g/mol. The van der Waals surface area contributed by atoms with Crippen molar-refractivity contribution in [3.63, 3.8) is 0 Å². The van der Waals surface area contributed by atoms with Gasteiger partial charge in [0.2, 0.25) is 11.8 Å². The van der Waals surface area contributed by atoms with Gasteiger partial charge in [-0.25, -0.2) is 19.6 Å². The highest BCUT2D eigenvalue weighted by molar-refractivity contribution is 5.88. The van der Waals surface area contributed by atoms with Crippen LogP contribution < -0.4 is 10.6 Å². The number of methoxy groups -OCH3 is 2. The minimum Gasteiger partial charge on any atom is -0.453 e. The zero-order valence-electron chi connectivity index (χ0n) is 36.7. The van der Waals surface area contributed by atoms with Gasteiger partial charge in [0.25, 0.3) is 0 Å². The fourth-order valence-electron chi connectivity index (χ4n) is 11.3. The molecule has 2 saturated heterocycles. The second-order valence-electron chi connectivity index (χ2n) is 18.9. The number of aromatic amines is 2. The fraction of sp³-hybridized carbons (Fsp3) is 0.542. The van der Waals surface area contributed by atoms with Crippen LogP contribution in [0.3, 0.4) is 0 Å². The molecule has 4 N–H and O–H groups in total. The lowest BCUT2D eigenvalue weighted by atomic mass is 9.90. The highest BCUT2D eigenvalue weighted by Crippen LogP contribution is 2.51. The van der Waals surface area contributed by atoms with Crippen LogP contribution in [0.15, 0.2) is 48.8 Å². The van der Waals surface area contributed by atoms with E-state index in [0.717, 1.165) is 98.4 Å². The molecule has 2 saturated carbocycles. The molecule has 2 aromatic carbocycles. The largest absolute Gasteiger partial charge is 0.453 e. The van der Waals surface area contributed by atoms with E-state index in [4.69, 9.17) is 19.4 Å². The Balaban J connectivity index is 0.954. The number of carbonyl (C=O) groups is 4. The number of benzene rings is 2. The SMILES string of the molecule is COC(=O)NC(C(=O)N1C2CCC(C2)C1c1ncc(-c2cc3ccc2CCc2ccc(c(-c4cnc(C5C6CCC(C6)N5C(=O)C(NC(=O)OC)C(C)C)[nH]4)c2)CC3)[nH]1)C(C)C. The Bertz CT molecular complexity index is 2190. The molecule has 4 fully saturated rings. The number of carbonyl (C=O) groups excluding carboxylic acids is 4. The minimum absolute atomic E-state index is 0.0819. The summed E-state index contributed by atoms with van der Waals surface area (Å²) < 4.78 is 9.74. The van der Waals surface area contributed by atoms with E-state index in [0.29, 0.717) is 11.8 Å². The maximum absolute atomic E-state index is 14.2. The van der Waals surface area contributed by atoms with E-state index in [-0.39, 0.29) is 47.8 Å². The van der Waals surface area contributed by atoms with Crippen molar-refractivity contribution in [2.45, 2.75) is 128 Å². The van der Waals surface area contributed by atoms with Crippen LogP contribution in [0.25, 0.3) is 22.5 Å². The second kappa shape index (κ2) is 16.9. The van der Waals surface area contributed by atoms with Crippen LogP contribution in [0.4, 0.5) is 9.59 Å². The molecule has 4 heterocycles. The number of imidazole rings is 2. The van der Waals surface area contributed by atoms with Crippen molar-refractivity contribution in [1.82, 2.24) is 40.4 Å². The molecule has 8 unspecified atom stereocenters. The summed E-state index contributed by atoms with van der Waals surface area (Å²) in [6.07, 6.45) is 11.8. The van der Waals surface area contributed by atoms with Crippen LogP contribution in [-0.2, 0) is 44.7 Å². The topological polar surface area (TPSA) is 175 Å². The van der Waals surface area contributed by atoms with Crippen LogP contribution in [-0.4, -0.2) is 92.1 Å². The Labute approximate surface area is 363 Å². The number of aryl methyl sites for hydroxylation is 4. The third-order valence-corrected chi connectivity index (χ3v) is 14.5. The molecule has 6 aliphatic carbocycles. The first-order valence-corrected chi connectivity index (χ1v) is 22.6. The molecular formula is C48H60N8O6.